The van der Waals surface area contributed by atoms with E-state index in [2.05, 4.69) is 10.5 Å². The molecule has 108 valence electrons. The van der Waals surface area contributed by atoms with Gasteiger partial charge in [0.05, 0.1) is 26.5 Å². The maximum atomic E-state index is 11.8. The van der Waals surface area contributed by atoms with Crippen LogP contribution in [0.2, 0.25) is 0 Å². The van der Waals surface area contributed by atoms with Crippen molar-refractivity contribution in [1.29, 1.82) is 0 Å². The summed E-state index contributed by atoms with van der Waals surface area (Å²) in [5, 5.41) is 13.4. The SMILES string of the molecule is C[N+]1(CC(=O)N/N=C/c2ccccc2O)CCOCC1. The molecule has 1 heterocycles. The van der Waals surface area contributed by atoms with Crippen molar-refractivity contribution < 1.29 is 19.1 Å². The lowest BCUT2D eigenvalue weighted by Crippen LogP contribution is -2.55. The average molecular weight is 278 g/mol. The second-order valence-corrected chi connectivity index (χ2v) is 5.19. The van der Waals surface area contributed by atoms with Gasteiger partial charge in [0.1, 0.15) is 18.8 Å². The predicted octanol–water partition coefficient (Wildman–Crippen LogP) is 0.319. The van der Waals surface area contributed by atoms with Crippen LogP contribution in [0.15, 0.2) is 29.4 Å². The number of quaternary nitrogens is 1. The molecule has 0 atom stereocenters. The van der Waals surface area contributed by atoms with Crippen molar-refractivity contribution in [2.24, 2.45) is 5.10 Å². The minimum Gasteiger partial charge on any atom is -0.507 e. The predicted molar refractivity (Wildman–Crippen MR) is 75.4 cm³/mol. The number of benzene rings is 1. The maximum Gasteiger partial charge on any atom is 0.295 e. The van der Waals surface area contributed by atoms with Crippen LogP contribution in [0.5, 0.6) is 5.75 Å². The number of hydrazone groups is 1. The fraction of sp³-hybridized carbons (Fsp3) is 0.429. The number of carbonyl (C=O) groups is 1. The molecule has 20 heavy (non-hydrogen) atoms. The molecule has 0 unspecified atom stereocenters. The minimum absolute atomic E-state index is 0.137. The fourth-order valence-electron chi connectivity index (χ4n) is 2.09. The van der Waals surface area contributed by atoms with Crippen LogP contribution in [0, 0.1) is 0 Å². The van der Waals surface area contributed by atoms with Gasteiger partial charge in [-0.25, -0.2) is 5.43 Å². The number of carbonyl (C=O) groups excluding carboxylic acids is 1. The van der Waals surface area contributed by atoms with E-state index in [1.807, 2.05) is 7.05 Å². The highest BCUT2D eigenvalue weighted by Crippen LogP contribution is 2.12. The number of ether oxygens (including phenoxy) is 1. The molecule has 6 nitrogen and oxygen atoms in total. The van der Waals surface area contributed by atoms with E-state index in [0.29, 0.717) is 29.8 Å². The summed E-state index contributed by atoms with van der Waals surface area (Å²) in [6, 6.07) is 6.82. The summed E-state index contributed by atoms with van der Waals surface area (Å²) >= 11 is 0. The van der Waals surface area contributed by atoms with Gasteiger partial charge in [-0.15, -0.1) is 0 Å². The maximum absolute atomic E-state index is 11.8. The van der Waals surface area contributed by atoms with E-state index >= 15 is 0 Å². The standard InChI is InChI=1S/C14H19N3O3/c1-17(6-8-20-9-7-17)11-14(19)16-15-10-12-4-2-3-5-13(12)18/h2-5,10H,6-9,11H2,1H3,(H-,15,16,18,19)/p+1. The van der Waals surface area contributed by atoms with Crippen molar-refractivity contribution in [2.75, 3.05) is 39.9 Å². The van der Waals surface area contributed by atoms with Crippen molar-refractivity contribution >= 4 is 12.1 Å². The molecular formula is C14H20N3O3+. The highest BCUT2D eigenvalue weighted by Gasteiger charge is 2.27. The Labute approximate surface area is 118 Å². The van der Waals surface area contributed by atoms with Gasteiger partial charge in [-0.1, -0.05) is 12.1 Å². The van der Waals surface area contributed by atoms with Crippen LogP contribution in [-0.4, -0.2) is 61.6 Å². The molecule has 0 spiro atoms. The molecule has 0 radical (unpaired) electrons. The first-order chi connectivity index (χ1) is 9.59. The van der Waals surface area contributed by atoms with Gasteiger partial charge in [-0.2, -0.15) is 5.10 Å². The van der Waals surface area contributed by atoms with E-state index in [4.69, 9.17) is 4.74 Å². The summed E-state index contributed by atoms with van der Waals surface area (Å²) in [6.45, 7) is 3.41. The largest absolute Gasteiger partial charge is 0.507 e. The summed E-state index contributed by atoms with van der Waals surface area (Å²) in [6.07, 6.45) is 1.44. The number of hydrogen-bond acceptors (Lipinski definition) is 4. The number of hydrogen-bond donors (Lipinski definition) is 2. The molecule has 0 aliphatic carbocycles. The number of likely N-dealkylation sites (N-methyl/N-ethyl adjacent to an activating group) is 1. The third-order valence-corrected chi connectivity index (χ3v) is 3.41. The fourth-order valence-corrected chi connectivity index (χ4v) is 2.09. The lowest BCUT2D eigenvalue weighted by Gasteiger charge is -2.36. The number of aromatic hydroxyl groups is 1. The molecule has 0 aromatic heterocycles. The van der Waals surface area contributed by atoms with Crippen molar-refractivity contribution in [1.82, 2.24) is 5.43 Å². The van der Waals surface area contributed by atoms with E-state index < -0.39 is 0 Å². The summed E-state index contributed by atoms with van der Waals surface area (Å²) in [5.74, 6) is -0.00116. The molecule has 0 saturated carbocycles. The summed E-state index contributed by atoms with van der Waals surface area (Å²) in [7, 11) is 2.04. The van der Waals surface area contributed by atoms with Gasteiger partial charge in [0.2, 0.25) is 0 Å². The van der Waals surface area contributed by atoms with Crippen LogP contribution in [0.1, 0.15) is 5.56 Å². The van der Waals surface area contributed by atoms with E-state index in [-0.39, 0.29) is 11.7 Å². The van der Waals surface area contributed by atoms with Crippen LogP contribution >= 0.6 is 0 Å². The average Bonchev–Trinajstić information content (AvgIpc) is 2.41. The van der Waals surface area contributed by atoms with E-state index in [0.717, 1.165) is 13.1 Å². The highest BCUT2D eigenvalue weighted by atomic mass is 16.5. The Kier molecular flexibility index (Phi) is 4.70. The Morgan fingerprint density at radius 2 is 2.15 bits per heavy atom. The molecule has 1 aromatic carbocycles. The van der Waals surface area contributed by atoms with Crippen LogP contribution in [0.3, 0.4) is 0 Å². The number of nitrogens with zero attached hydrogens (tertiary/aromatic N) is 2. The zero-order chi connectivity index (χ0) is 14.4. The molecule has 0 bridgehead atoms. The van der Waals surface area contributed by atoms with Gasteiger partial charge in [-0.3, -0.25) is 4.79 Å². The van der Waals surface area contributed by atoms with Gasteiger partial charge in [0, 0.05) is 5.56 Å². The second-order valence-electron chi connectivity index (χ2n) is 5.19. The number of morpholine rings is 1. The molecule has 1 fully saturated rings. The first-order valence-corrected chi connectivity index (χ1v) is 6.60. The number of rotatable bonds is 4. The summed E-state index contributed by atoms with van der Waals surface area (Å²) < 4.78 is 5.96. The Balaban J connectivity index is 1.84. The van der Waals surface area contributed by atoms with Gasteiger partial charge in [-0.05, 0) is 12.1 Å². The van der Waals surface area contributed by atoms with E-state index in [1.165, 1.54) is 6.21 Å². The number of phenolic OH excluding ortho intramolecular Hbond substituents is 1. The van der Waals surface area contributed by atoms with Gasteiger partial charge < -0.3 is 14.3 Å². The van der Waals surface area contributed by atoms with Crippen LogP contribution in [-0.2, 0) is 9.53 Å². The molecular weight excluding hydrogens is 258 g/mol. The van der Waals surface area contributed by atoms with Crippen molar-refractivity contribution in [3.63, 3.8) is 0 Å². The van der Waals surface area contributed by atoms with Crippen LogP contribution < -0.4 is 5.43 Å². The Bertz CT molecular complexity index is 496. The molecule has 1 aliphatic rings. The van der Waals surface area contributed by atoms with Crippen LogP contribution in [0.25, 0.3) is 0 Å². The molecule has 1 saturated heterocycles. The quantitative estimate of drug-likeness (QED) is 0.473. The van der Waals surface area contributed by atoms with Gasteiger partial charge in [0.25, 0.3) is 5.91 Å². The molecule has 6 heteroatoms. The van der Waals surface area contributed by atoms with Crippen molar-refractivity contribution in [2.45, 2.75) is 0 Å². The molecule has 1 aromatic rings. The van der Waals surface area contributed by atoms with Crippen LogP contribution in [0.4, 0.5) is 0 Å². The van der Waals surface area contributed by atoms with E-state index in [9.17, 15) is 9.90 Å². The lowest BCUT2D eigenvalue weighted by atomic mass is 10.2. The Morgan fingerprint density at radius 3 is 2.85 bits per heavy atom. The highest BCUT2D eigenvalue weighted by molar-refractivity contribution is 5.85. The Morgan fingerprint density at radius 1 is 1.45 bits per heavy atom. The number of amides is 1. The normalized spacial score (nSPS) is 18.1. The van der Waals surface area contributed by atoms with Crippen molar-refractivity contribution in [3.05, 3.63) is 29.8 Å². The zero-order valence-corrected chi connectivity index (χ0v) is 11.6. The minimum atomic E-state index is -0.138. The first-order valence-electron chi connectivity index (χ1n) is 6.60. The number of para-hydroxylation sites is 1. The third kappa shape index (κ3) is 4.04. The smallest absolute Gasteiger partial charge is 0.295 e. The van der Waals surface area contributed by atoms with E-state index in [1.54, 1.807) is 24.3 Å². The second kappa shape index (κ2) is 6.49. The summed E-state index contributed by atoms with van der Waals surface area (Å²) in [4.78, 5) is 11.8. The van der Waals surface area contributed by atoms with Gasteiger partial charge in [0.15, 0.2) is 6.54 Å². The first kappa shape index (κ1) is 14.5. The zero-order valence-electron chi connectivity index (χ0n) is 11.6. The number of nitrogens with one attached hydrogen (secondary N) is 1. The lowest BCUT2D eigenvalue weighted by molar-refractivity contribution is -0.909. The molecule has 1 aliphatic heterocycles. The molecule has 2 rings (SSSR count). The Hall–Kier alpha value is -1.92. The topological polar surface area (TPSA) is 70.9 Å². The van der Waals surface area contributed by atoms with Crippen molar-refractivity contribution in [3.8, 4) is 5.75 Å². The third-order valence-electron chi connectivity index (χ3n) is 3.41. The van der Waals surface area contributed by atoms with Gasteiger partial charge >= 0.3 is 0 Å². The number of phenols is 1. The monoisotopic (exact) mass is 278 g/mol. The molecule has 2 N–H and O–H groups in total. The summed E-state index contributed by atoms with van der Waals surface area (Å²) in [5.41, 5.74) is 3.06. The molecule has 1 amide bonds.